The third kappa shape index (κ3) is 2.38. The summed E-state index contributed by atoms with van der Waals surface area (Å²) in [5.41, 5.74) is 4.30. The number of hydrogen-bond donors (Lipinski definition) is 0. The summed E-state index contributed by atoms with van der Waals surface area (Å²) in [4.78, 5) is 16.8. The Bertz CT molecular complexity index is 1080. The van der Waals surface area contributed by atoms with Crippen LogP contribution < -0.4 is 0 Å². The molecule has 4 heteroatoms. The summed E-state index contributed by atoms with van der Waals surface area (Å²) in [6.07, 6.45) is 0. The molecule has 2 aromatic heterocycles. The zero-order chi connectivity index (χ0) is 17.4. The fraction of sp³-hybridized carbons (Fsp3) is 0.143. The first-order chi connectivity index (χ1) is 12.2. The molecule has 0 N–H and O–H groups in total. The molecular formula is C21H18N2O2. The Morgan fingerprint density at radius 2 is 1.76 bits per heavy atom. The lowest BCUT2D eigenvalue weighted by atomic mass is 10.1. The van der Waals surface area contributed by atoms with Crippen molar-refractivity contribution in [1.29, 1.82) is 0 Å². The fourth-order valence-electron chi connectivity index (χ4n) is 3.41. The molecule has 0 aliphatic heterocycles. The fourth-order valence-corrected chi connectivity index (χ4v) is 3.41. The Morgan fingerprint density at radius 1 is 1.04 bits per heavy atom. The van der Waals surface area contributed by atoms with E-state index in [0.29, 0.717) is 5.69 Å². The Balaban J connectivity index is 2.19. The van der Waals surface area contributed by atoms with Gasteiger partial charge in [0.05, 0.1) is 18.3 Å². The lowest BCUT2D eigenvalue weighted by Gasteiger charge is -2.10. The highest BCUT2D eigenvalue weighted by Crippen LogP contribution is 2.35. The van der Waals surface area contributed by atoms with Crippen molar-refractivity contribution < 1.29 is 9.53 Å². The van der Waals surface area contributed by atoms with Crippen LogP contribution in [0, 0.1) is 0 Å². The molecule has 0 saturated heterocycles. The summed E-state index contributed by atoms with van der Waals surface area (Å²) in [6, 6.07) is 20.0. The maximum absolute atomic E-state index is 12.2. The van der Waals surface area contributed by atoms with E-state index in [2.05, 4.69) is 28.6 Å². The van der Waals surface area contributed by atoms with Crippen molar-refractivity contribution in [3.63, 3.8) is 0 Å². The van der Waals surface area contributed by atoms with Gasteiger partial charge in [-0.1, -0.05) is 48.5 Å². The summed E-state index contributed by atoms with van der Waals surface area (Å²) in [5.74, 6) is -0.424. The quantitative estimate of drug-likeness (QED) is 0.513. The third-order valence-corrected chi connectivity index (χ3v) is 4.51. The molecule has 0 saturated carbocycles. The normalized spacial score (nSPS) is 11.1. The number of esters is 1. The second kappa shape index (κ2) is 6.06. The van der Waals surface area contributed by atoms with E-state index in [-0.39, 0.29) is 0 Å². The number of ether oxygens (including phenoxy) is 1. The lowest BCUT2D eigenvalue weighted by Crippen LogP contribution is -2.06. The van der Waals surface area contributed by atoms with Crippen LogP contribution in [0.1, 0.15) is 17.4 Å². The van der Waals surface area contributed by atoms with Gasteiger partial charge in [-0.15, -0.1) is 0 Å². The van der Waals surface area contributed by atoms with Gasteiger partial charge in [0, 0.05) is 28.4 Å². The predicted octanol–water partition coefficient (Wildman–Crippen LogP) is 4.66. The highest BCUT2D eigenvalue weighted by atomic mass is 16.5. The van der Waals surface area contributed by atoms with Gasteiger partial charge < -0.3 is 9.30 Å². The monoisotopic (exact) mass is 330 g/mol. The van der Waals surface area contributed by atoms with E-state index >= 15 is 0 Å². The van der Waals surface area contributed by atoms with Crippen LogP contribution in [0.5, 0.6) is 0 Å². The number of rotatable bonds is 3. The first-order valence-electron chi connectivity index (χ1n) is 8.30. The van der Waals surface area contributed by atoms with Crippen LogP contribution in [0.2, 0.25) is 0 Å². The van der Waals surface area contributed by atoms with Crippen molar-refractivity contribution in [3.05, 3.63) is 66.4 Å². The summed E-state index contributed by atoms with van der Waals surface area (Å²) in [6.45, 7) is 2.94. The molecule has 124 valence electrons. The van der Waals surface area contributed by atoms with E-state index in [4.69, 9.17) is 4.74 Å². The van der Waals surface area contributed by atoms with Crippen LogP contribution in [0.15, 0.2) is 60.7 Å². The lowest BCUT2D eigenvalue weighted by molar-refractivity contribution is 0.0594. The van der Waals surface area contributed by atoms with Gasteiger partial charge in [0.1, 0.15) is 5.69 Å². The standard InChI is InChI=1S/C21H18N2O2/c1-3-23-18-12-8-7-11-15(18)16-13-17(21(24)25-2)22-19(20(16)23)14-9-5-4-6-10-14/h4-13H,3H2,1-2H3. The maximum atomic E-state index is 12.2. The van der Waals surface area contributed by atoms with Crippen molar-refractivity contribution in [2.75, 3.05) is 7.11 Å². The van der Waals surface area contributed by atoms with E-state index in [1.165, 1.54) is 7.11 Å². The van der Waals surface area contributed by atoms with Gasteiger partial charge in [-0.05, 0) is 19.1 Å². The van der Waals surface area contributed by atoms with Gasteiger partial charge in [-0.3, -0.25) is 0 Å². The molecule has 0 aliphatic rings. The van der Waals surface area contributed by atoms with Gasteiger partial charge >= 0.3 is 5.97 Å². The third-order valence-electron chi connectivity index (χ3n) is 4.51. The van der Waals surface area contributed by atoms with Gasteiger partial charge in [-0.2, -0.15) is 0 Å². The number of para-hydroxylation sites is 1. The van der Waals surface area contributed by atoms with Gasteiger partial charge in [0.15, 0.2) is 0 Å². The van der Waals surface area contributed by atoms with E-state index in [1.807, 2.05) is 48.5 Å². The van der Waals surface area contributed by atoms with Crippen molar-refractivity contribution in [2.24, 2.45) is 0 Å². The van der Waals surface area contributed by atoms with Crippen LogP contribution in [-0.2, 0) is 11.3 Å². The highest BCUT2D eigenvalue weighted by Gasteiger charge is 2.19. The van der Waals surface area contributed by atoms with E-state index in [0.717, 1.165) is 39.6 Å². The Kier molecular flexibility index (Phi) is 3.73. The molecule has 4 rings (SSSR count). The number of carbonyl (C=O) groups excluding carboxylic acids is 1. The molecule has 25 heavy (non-hydrogen) atoms. The number of hydrogen-bond acceptors (Lipinski definition) is 3. The van der Waals surface area contributed by atoms with Crippen LogP contribution >= 0.6 is 0 Å². The van der Waals surface area contributed by atoms with Crippen molar-refractivity contribution in [1.82, 2.24) is 9.55 Å². The number of carbonyl (C=O) groups is 1. The van der Waals surface area contributed by atoms with Crippen LogP contribution in [0.25, 0.3) is 33.1 Å². The van der Waals surface area contributed by atoms with Crippen LogP contribution in [-0.4, -0.2) is 22.6 Å². The first-order valence-corrected chi connectivity index (χ1v) is 8.30. The second-order valence-electron chi connectivity index (χ2n) is 5.87. The largest absolute Gasteiger partial charge is 0.464 e. The average molecular weight is 330 g/mol. The van der Waals surface area contributed by atoms with Crippen LogP contribution in [0.4, 0.5) is 0 Å². The zero-order valence-electron chi connectivity index (χ0n) is 14.2. The number of pyridine rings is 1. The summed E-state index contributed by atoms with van der Waals surface area (Å²) in [7, 11) is 1.38. The molecule has 2 heterocycles. The molecule has 0 amide bonds. The molecule has 0 unspecified atom stereocenters. The summed E-state index contributed by atoms with van der Waals surface area (Å²) in [5, 5.41) is 2.13. The Labute approximate surface area is 145 Å². The average Bonchev–Trinajstić information content (AvgIpc) is 3.01. The van der Waals surface area contributed by atoms with Crippen molar-refractivity contribution >= 4 is 27.8 Å². The second-order valence-corrected chi connectivity index (χ2v) is 5.87. The predicted molar refractivity (Wildman–Crippen MR) is 99.7 cm³/mol. The minimum atomic E-state index is -0.424. The molecule has 2 aromatic carbocycles. The summed E-state index contributed by atoms with van der Waals surface area (Å²) >= 11 is 0. The molecule has 4 nitrogen and oxygen atoms in total. The van der Waals surface area contributed by atoms with E-state index in [1.54, 1.807) is 0 Å². The molecular weight excluding hydrogens is 312 g/mol. The Hall–Kier alpha value is -3.14. The zero-order valence-corrected chi connectivity index (χ0v) is 14.2. The van der Waals surface area contributed by atoms with Crippen LogP contribution in [0.3, 0.4) is 0 Å². The number of methoxy groups -OCH3 is 1. The van der Waals surface area contributed by atoms with Crippen molar-refractivity contribution in [3.8, 4) is 11.3 Å². The van der Waals surface area contributed by atoms with E-state index in [9.17, 15) is 4.79 Å². The smallest absolute Gasteiger partial charge is 0.356 e. The summed E-state index contributed by atoms with van der Waals surface area (Å²) < 4.78 is 7.16. The number of aryl methyl sites for hydroxylation is 1. The highest BCUT2D eigenvalue weighted by molar-refractivity contribution is 6.13. The molecule has 4 aromatic rings. The molecule has 0 spiro atoms. The number of aromatic nitrogens is 2. The number of benzene rings is 2. The SMILES string of the molecule is CCn1c2ccccc2c2cc(C(=O)OC)nc(-c3ccccc3)c21. The number of fused-ring (bicyclic) bond motifs is 3. The van der Waals surface area contributed by atoms with Crippen molar-refractivity contribution in [2.45, 2.75) is 13.5 Å². The molecule has 0 radical (unpaired) electrons. The van der Waals surface area contributed by atoms with Gasteiger partial charge in [-0.25, -0.2) is 9.78 Å². The minimum Gasteiger partial charge on any atom is -0.464 e. The van der Waals surface area contributed by atoms with Gasteiger partial charge in [0.2, 0.25) is 0 Å². The first kappa shape index (κ1) is 15.4. The Morgan fingerprint density at radius 3 is 2.48 bits per heavy atom. The minimum absolute atomic E-state index is 0.327. The number of nitrogens with zero attached hydrogens (tertiary/aromatic N) is 2. The van der Waals surface area contributed by atoms with Gasteiger partial charge in [0.25, 0.3) is 0 Å². The molecule has 0 aliphatic carbocycles. The van der Waals surface area contributed by atoms with E-state index < -0.39 is 5.97 Å². The topological polar surface area (TPSA) is 44.1 Å². The maximum Gasteiger partial charge on any atom is 0.356 e. The molecule has 0 atom stereocenters. The molecule has 0 fully saturated rings. The molecule has 0 bridgehead atoms.